The van der Waals surface area contributed by atoms with Gasteiger partial charge >= 0.3 is 6.36 Å². The maximum atomic E-state index is 14.5. The van der Waals surface area contributed by atoms with Crippen molar-refractivity contribution in [2.75, 3.05) is 26.2 Å². The van der Waals surface area contributed by atoms with Gasteiger partial charge in [-0.15, -0.1) is 38.0 Å². The Bertz CT molecular complexity index is 753. The first kappa shape index (κ1) is 24.8. The number of nitrogens with one attached hydrogen (secondary N) is 1. The van der Waals surface area contributed by atoms with Crippen LogP contribution < -0.4 is 10.1 Å². The van der Waals surface area contributed by atoms with Crippen molar-refractivity contribution in [1.82, 2.24) is 10.2 Å². The molecule has 1 N–H and O–H groups in total. The molecule has 1 fully saturated rings. The third-order valence-corrected chi connectivity index (χ3v) is 4.43. The molecule has 1 aliphatic rings. The number of benzene rings is 2. The summed E-state index contributed by atoms with van der Waals surface area (Å²) in [5, 5.41) is 3.63. The van der Waals surface area contributed by atoms with Crippen LogP contribution in [0.3, 0.4) is 0 Å². The third-order valence-electron chi connectivity index (χ3n) is 4.20. The van der Waals surface area contributed by atoms with Crippen LogP contribution in [0.25, 0.3) is 0 Å². The summed E-state index contributed by atoms with van der Waals surface area (Å²) in [6.45, 7) is 2.84. The lowest BCUT2D eigenvalue weighted by atomic mass is 9.96. The smallest absolute Gasteiger partial charge is 0.406 e. The zero-order chi connectivity index (χ0) is 18.7. The van der Waals surface area contributed by atoms with Gasteiger partial charge in [-0.05, 0) is 35.9 Å². The van der Waals surface area contributed by atoms with Crippen LogP contribution in [0.2, 0.25) is 5.02 Å². The molecular weight excluding hydrogens is 443 g/mol. The van der Waals surface area contributed by atoms with Crippen molar-refractivity contribution >= 4 is 36.4 Å². The van der Waals surface area contributed by atoms with Crippen molar-refractivity contribution in [2.24, 2.45) is 0 Å². The molecule has 156 valence electrons. The highest BCUT2D eigenvalue weighted by Gasteiger charge is 2.31. The van der Waals surface area contributed by atoms with Crippen LogP contribution in [-0.2, 0) is 0 Å². The second-order valence-corrected chi connectivity index (χ2v) is 6.41. The molecule has 1 saturated heterocycles. The van der Waals surface area contributed by atoms with Gasteiger partial charge in [0.2, 0.25) is 0 Å². The average Bonchev–Trinajstić information content (AvgIpc) is 2.59. The molecule has 2 aromatic rings. The Morgan fingerprint density at radius 1 is 1.00 bits per heavy atom. The molecule has 3 rings (SSSR count). The summed E-state index contributed by atoms with van der Waals surface area (Å²) >= 11 is 6.04. The molecule has 3 nitrogen and oxygen atoms in total. The minimum atomic E-state index is -4.75. The standard InChI is InChI=1S/C18H17ClF4N2O.2ClH/c19-13-3-6-16(20)15(11-13)17(25-9-7-24-8-10-25)12-1-4-14(5-2-12)26-18(21,22)23;;/h1-6,11,17,24H,7-10H2;2*1H/t17-;;/m0../s1. The predicted molar refractivity (Wildman–Crippen MR) is 105 cm³/mol. The van der Waals surface area contributed by atoms with Gasteiger partial charge in [-0.25, -0.2) is 4.39 Å². The van der Waals surface area contributed by atoms with Crippen molar-refractivity contribution in [1.29, 1.82) is 0 Å². The quantitative estimate of drug-likeness (QED) is 0.632. The van der Waals surface area contributed by atoms with E-state index in [0.29, 0.717) is 29.2 Å². The Morgan fingerprint density at radius 3 is 2.18 bits per heavy atom. The van der Waals surface area contributed by atoms with Gasteiger partial charge in [-0.2, -0.15) is 0 Å². The fraction of sp³-hybridized carbons (Fsp3) is 0.333. The van der Waals surface area contributed by atoms with Crippen molar-refractivity contribution < 1.29 is 22.3 Å². The van der Waals surface area contributed by atoms with E-state index in [2.05, 4.69) is 15.0 Å². The molecule has 1 atom stereocenters. The summed E-state index contributed by atoms with van der Waals surface area (Å²) in [6, 6.07) is 9.40. The van der Waals surface area contributed by atoms with Crippen molar-refractivity contribution in [3.05, 3.63) is 64.4 Å². The Balaban J connectivity index is 0.00000196. The molecule has 10 heteroatoms. The summed E-state index contributed by atoms with van der Waals surface area (Å²) in [6.07, 6.45) is -4.75. The van der Waals surface area contributed by atoms with Crippen LogP contribution in [0, 0.1) is 5.82 Å². The van der Waals surface area contributed by atoms with E-state index >= 15 is 0 Å². The van der Waals surface area contributed by atoms with Crippen LogP contribution in [0.15, 0.2) is 42.5 Å². The van der Waals surface area contributed by atoms with Gasteiger partial charge < -0.3 is 10.1 Å². The summed E-state index contributed by atoms with van der Waals surface area (Å²) in [5.41, 5.74) is 1.06. The van der Waals surface area contributed by atoms with Crippen LogP contribution >= 0.6 is 36.4 Å². The molecule has 0 unspecified atom stereocenters. The van der Waals surface area contributed by atoms with Crippen LogP contribution in [0.5, 0.6) is 5.75 Å². The van der Waals surface area contributed by atoms with E-state index in [9.17, 15) is 17.6 Å². The zero-order valence-corrected chi connectivity index (χ0v) is 16.9. The Morgan fingerprint density at radius 2 is 1.61 bits per heavy atom. The minimum Gasteiger partial charge on any atom is -0.406 e. The summed E-state index contributed by atoms with van der Waals surface area (Å²) in [4.78, 5) is 2.07. The van der Waals surface area contributed by atoms with E-state index < -0.39 is 18.2 Å². The number of ether oxygens (including phenoxy) is 1. The lowest BCUT2D eigenvalue weighted by Gasteiger charge is -2.35. The van der Waals surface area contributed by atoms with Crippen molar-refractivity contribution in [3.63, 3.8) is 0 Å². The van der Waals surface area contributed by atoms with E-state index in [4.69, 9.17) is 11.6 Å². The molecule has 0 bridgehead atoms. The fourth-order valence-corrected chi connectivity index (χ4v) is 3.28. The molecular formula is C18H19Cl3F4N2O. The number of rotatable bonds is 4. The number of alkyl halides is 3. The minimum absolute atomic E-state index is 0. The lowest BCUT2D eigenvalue weighted by molar-refractivity contribution is -0.274. The second-order valence-electron chi connectivity index (χ2n) is 5.97. The molecule has 2 aromatic carbocycles. The Labute approximate surface area is 177 Å². The van der Waals surface area contributed by atoms with Gasteiger partial charge in [-0.1, -0.05) is 23.7 Å². The maximum Gasteiger partial charge on any atom is 0.573 e. The van der Waals surface area contributed by atoms with Gasteiger partial charge in [0, 0.05) is 36.8 Å². The fourth-order valence-electron chi connectivity index (χ4n) is 3.10. The SMILES string of the molecule is Cl.Cl.Fc1ccc(Cl)cc1[C@H](c1ccc(OC(F)(F)F)cc1)N1CCNCC1. The molecule has 1 heterocycles. The van der Waals surface area contributed by atoms with E-state index in [0.717, 1.165) is 13.1 Å². The van der Waals surface area contributed by atoms with Crippen LogP contribution in [-0.4, -0.2) is 37.4 Å². The van der Waals surface area contributed by atoms with E-state index in [1.165, 1.54) is 36.4 Å². The first-order valence-corrected chi connectivity index (χ1v) is 8.47. The highest BCUT2D eigenvalue weighted by atomic mass is 35.5. The van der Waals surface area contributed by atoms with Gasteiger partial charge in [0.25, 0.3) is 0 Å². The number of nitrogens with zero attached hydrogens (tertiary/aromatic N) is 1. The molecule has 0 aliphatic carbocycles. The topological polar surface area (TPSA) is 24.5 Å². The van der Waals surface area contributed by atoms with Gasteiger partial charge in [-0.3, -0.25) is 4.90 Å². The monoisotopic (exact) mass is 460 g/mol. The Kier molecular flexibility index (Phi) is 9.30. The van der Waals surface area contributed by atoms with E-state index in [1.807, 2.05) is 0 Å². The zero-order valence-electron chi connectivity index (χ0n) is 14.5. The predicted octanol–water partition coefficient (Wildman–Crippen LogP) is 5.22. The van der Waals surface area contributed by atoms with Crippen molar-refractivity contribution in [2.45, 2.75) is 12.4 Å². The number of piperazine rings is 1. The van der Waals surface area contributed by atoms with Crippen molar-refractivity contribution in [3.8, 4) is 5.75 Å². The Hall–Kier alpha value is -1.25. The second kappa shape index (κ2) is 10.5. The maximum absolute atomic E-state index is 14.5. The first-order valence-electron chi connectivity index (χ1n) is 8.09. The third kappa shape index (κ3) is 6.39. The molecule has 1 aliphatic heterocycles. The molecule has 28 heavy (non-hydrogen) atoms. The first-order chi connectivity index (χ1) is 12.3. The molecule has 0 spiro atoms. The van der Waals surface area contributed by atoms with E-state index in [-0.39, 0.29) is 30.6 Å². The van der Waals surface area contributed by atoms with Gasteiger partial charge in [0.15, 0.2) is 0 Å². The molecule has 0 radical (unpaired) electrons. The number of hydrogen-bond donors (Lipinski definition) is 1. The lowest BCUT2D eigenvalue weighted by Crippen LogP contribution is -2.45. The summed E-state index contributed by atoms with van der Waals surface area (Å²) in [7, 11) is 0. The van der Waals surface area contributed by atoms with Gasteiger partial charge in [0.05, 0.1) is 6.04 Å². The van der Waals surface area contributed by atoms with E-state index in [1.54, 1.807) is 6.07 Å². The van der Waals surface area contributed by atoms with Crippen LogP contribution in [0.1, 0.15) is 17.2 Å². The number of hydrogen-bond acceptors (Lipinski definition) is 3. The summed E-state index contributed by atoms with van der Waals surface area (Å²) < 4.78 is 55.5. The number of halogens is 7. The highest BCUT2D eigenvalue weighted by molar-refractivity contribution is 6.30. The normalized spacial score (nSPS) is 15.9. The molecule has 0 saturated carbocycles. The summed E-state index contributed by atoms with van der Waals surface area (Å²) in [5.74, 6) is -0.722. The van der Waals surface area contributed by atoms with Crippen LogP contribution in [0.4, 0.5) is 17.6 Å². The average molecular weight is 462 g/mol. The molecule has 0 aromatic heterocycles. The molecule has 0 amide bonds. The van der Waals surface area contributed by atoms with Gasteiger partial charge in [0.1, 0.15) is 11.6 Å². The largest absolute Gasteiger partial charge is 0.573 e. The highest BCUT2D eigenvalue weighted by Crippen LogP contribution is 2.34.